The van der Waals surface area contributed by atoms with Gasteiger partial charge in [-0.15, -0.1) is 0 Å². The molecule has 0 saturated carbocycles. The predicted molar refractivity (Wildman–Crippen MR) is 92.5 cm³/mol. The fourth-order valence-electron chi connectivity index (χ4n) is 2.00. The number of carbonyl (C=O) groups excluding carboxylic acids is 2. The Morgan fingerprint density at radius 3 is 2.29 bits per heavy atom. The molecule has 0 bridgehead atoms. The van der Waals surface area contributed by atoms with Crippen LogP contribution in [0.25, 0.3) is 0 Å². The Morgan fingerprint density at radius 2 is 1.75 bits per heavy atom. The van der Waals surface area contributed by atoms with Crippen molar-refractivity contribution in [3.05, 3.63) is 53.7 Å². The normalized spacial score (nSPS) is 10.3. The van der Waals surface area contributed by atoms with Crippen LogP contribution in [0.15, 0.2) is 42.6 Å². The van der Waals surface area contributed by atoms with Crippen molar-refractivity contribution in [2.75, 3.05) is 11.9 Å². The van der Waals surface area contributed by atoms with Gasteiger partial charge in [0, 0.05) is 17.9 Å². The van der Waals surface area contributed by atoms with Crippen LogP contribution in [0.4, 0.5) is 11.5 Å². The number of carbonyl (C=O) groups is 2. The number of anilines is 2. The molecule has 2 aromatic rings. The van der Waals surface area contributed by atoms with E-state index in [4.69, 9.17) is 4.74 Å². The second kappa shape index (κ2) is 8.10. The molecule has 0 unspecified atom stereocenters. The van der Waals surface area contributed by atoms with E-state index in [9.17, 15) is 9.59 Å². The van der Waals surface area contributed by atoms with Crippen molar-refractivity contribution in [3.8, 4) is 0 Å². The van der Waals surface area contributed by atoms with Gasteiger partial charge in [-0.1, -0.05) is 0 Å². The highest BCUT2D eigenvalue weighted by molar-refractivity contribution is 5.94. The summed E-state index contributed by atoms with van der Waals surface area (Å²) in [4.78, 5) is 27.7. The van der Waals surface area contributed by atoms with Crippen molar-refractivity contribution in [3.63, 3.8) is 0 Å². The molecule has 2 N–H and O–H groups in total. The summed E-state index contributed by atoms with van der Waals surface area (Å²) in [5.41, 5.74) is 1.79. The Morgan fingerprint density at radius 1 is 1.08 bits per heavy atom. The zero-order valence-corrected chi connectivity index (χ0v) is 14.0. The minimum atomic E-state index is -0.345. The summed E-state index contributed by atoms with van der Waals surface area (Å²) in [5, 5.41) is 5.93. The van der Waals surface area contributed by atoms with E-state index < -0.39 is 0 Å². The summed E-state index contributed by atoms with van der Waals surface area (Å²) >= 11 is 0. The van der Waals surface area contributed by atoms with E-state index in [1.807, 2.05) is 13.8 Å². The topological polar surface area (TPSA) is 80.3 Å². The lowest BCUT2D eigenvalue weighted by Crippen LogP contribution is -2.30. The molecule has 1 aromatic heterocycles. The minimum Gasteiger partial charge on any atom is -0.462 e. The van der Waals surface area contributed by atoms with Crippen molar-refractivity contribution >= 4 is 23.4 Å². The number of pyridine rings is 1. The first kappa shape index (κ1) is 17.5. The van der Waals surface area contributed by atoms with Gasteiger partial charge in [-0.3, -0.25) is 4.79 Å². The Balaban J connectivity index is 2.01. The first-order valence-corrected chi connectivity index (χ1v) is 7.80. The second-order valence-electron chi connectivity index (χ2n) is 5.48. The van der Waals surface area contributed by atoms with Gasteiger partial charge < -0.3 is 15.4 Å². The highest BCUT2D eigenvalue weighted by Crippen LogP contribution is 2.16. The molecule has 126 valence electrons. The Labute approximate surface area is 141 Å². The van der Waals surface area contributed by atoms with Gasteiger partial charge in [0.15, 0.2) is 0 Å². The molecular formula is C18H21N3O3. The van der Waals surface area contributed by atoms with Gasteiger partial charge in [-0.05, 0) is 57.2 Å². The summed E-state index contributed by atoms with van der Waals surface area (Å²) in [6.07, 6.45) is 1.52. The SMILES string of the molecule is CCOC(=O)c1ccc(Nc2ccc(C(=O)NC(C)C)cn2)cc1. The lowest BCUT2D eigenvalue weighted by Gasteiger charge is -2.09. The van der Waals surface area contributed by atoms with Gasteiger partial charge in [-0.25, -0.2) is 9.78 Å². The molecule has 0 aliphatic rings. The molecule has 2 rings (SSSR count). The second-order valence-corrected chi connectivity index (χ2v) is 5.48. The van der Waals surface area contributed by atoms with Crippen LogP contribution in [0.5, 0.6) is 0 Å². The quantitative estimate of drug-likeness (QED) is 0.797. The summed E-state index contributed by atoms with van der Waals surface area (Å²) < 4.78 is 4.94. The fourth-order valence-corrected chi connectivity index (χ4v) is 2.00. The lowest BCUT2D eigenvalue weighted by atomic mass is 10.2. The number of hydrogen-bond acceptors (Lipinski definition) is 5. The first-order chi connectivity index (χ1) is 11.5. The molecule has 6 nitrogen and oxygen atoms in total. The van der Waals surface area contributed by atoms with Crippen LogP contribution >= 0.6 is 0 Å². The zero-order chi connectivity index (χ0) is 17.5. The number of esters is 1. The van der Waals surface area contributed by atoms with Crippen LogP contribution in [0.1, 0.15) is 41.5 Å². The molecule has 1 aromatic carbocycles. The average Bonchev–Trinajstić information content (AvgIpc) is 2.56. The van der Waals surface area contributed by atoms with Crippen LogP contribution in [0.3, 0.4) is 0 Å². The van der Waals surface area contributed by atoms with Gasteiger partial charge in [0.2, 0.25) is 0 Å². The molecule has 0 aliphatic heterocycles. The standard InChI is InChI=1S/C18H21N3O3/c1-4-24-18(23)13-5-8-15(9-6-13)21-16-10-7-14(11-19-16)17(22)20-12(2)3/h5-12H,4H2,1-3H3,(H,19,21)(H,20,22). The highest BCUT2D eigenvalue weighted by Gasteiger charge is 2.08. The third-order valence-electron chi connectivity index (χ3n) is 3.11. The lowest BCUT2D eigenvalue weighted by molar-refractivity contribution is 0.0526. The van der Waals surface area contributed by atoms with Gasteiger partial charge in [0.1, 0.15) is 5.82 Å². The maximum atomic E-state index is 11.9. The van der Waals surface area contributed by atoms with Crippen molar-refractivity contribution in [2.45, 2.75) is 26.8 Å². The van der Waals surface area contributed by atoms with E-state index in [-0.39, 0.29) is 17.9 Å². The smallest absolute Gasteiger partial charge is 0.338 e. The Kier molecular flexibility index (Phi) is 5.89. The number of rotatable bonds is 6. The monoisotopic (exact) mass is 327 g/mol. The largest absolute Gasteiger partial charge is 0.462 e. The van der Waals surface area contributed by atoms with Gasteiger partial charge in [-0.2, -0.15) is 0 Å². The van der Waals surface area contributed by atoms with Gasteiger partial charge >= 0.3 is 5.97 Å². The number of nitrogens with zero attached hydrogens (tertiary/aromatic N) is 1. The summed E-state index contributed by atoms with van der Waals surface area (Å²) in [5.74, 6) is 0.116. The number of amides is 1. The van der Waals surface area contributed by atoms with Crippen LogP contribution in [-0.2, 0) is 4.74 Å². The van der Waals surface area contributed by atoms with Crippen LogP contribution in [0.2, 0.25) is 0 Å². The highest BCUT2D eigenvalue weighted by atomic mass is 16.5. The first-order valence-electron chi connectivity index (χ1n) is 7.80. The van der Waals surface area contributed by atoms with Crippen molar-refractivity contribution in [1.82, 2.24) is 10.3 Å². The van der Waals surface area contributed by atoms with Crippen molar-refractivity contribution in [2.24, 2.45) is 0 Å². The fraction of sp³-hybridized carbons (Fsp3) is 0.278. The molecule has 0 spiro atoms. The van der Waals surface area contributed by atoms with E-state index in [1.54, 1.807) is 43.3 Å². The van der Waals surface area contributed by atoms with Crippen LogP contribution < -0.4 is 10.6 Å². The Bertz CT molecular complexity index is 694. The Hall–Kier alpha value is -2.89. The van der Waals surface area contributed by atoms with E-state index in [0.717, 1.165) is 5.69 Å². The summed E-state index contributed by atoms with van der Waals surface area (Å²) in [6.45, 7) is 5.92. The maximum absolute atomic E-state index is 11.9. The van der Waals surface area contributed by atoms with Crippen molar-refractivity contribution in [1.29, 1.82) is 0 Å². The number of nitrogens with one attached hydrogen (secondary N) is 2. The molecule has 0 atom stereocenters. The van der Waals surface area contributed by atoms with Gasteiger partial charge in [0.05, 0.1) is 17.7 Å². The number of aromatic nitrogens is 1. The molecule has 0 saturated heterocycles. The molecule has 1 heterocycles. The molecule has 24 heavy (non-hydrogen) atoms. The third kappa shape index (κ3) is 4.81. The minimum absolute atomic E-state index is 0.0771. The van der Waals surface area contributed by atoms with E-state index in [2.05, 4.69) is 15.6 Å². The molecule has 1 amide bonds. The number of ether oxygens (including phenoxy) is 1. The van der Waals surface area contributed by atoms with E-state index >= 15 is 0 Å². The van der Waals surface area contributed by atoms with E-state index in [1.165, 1.54) is 6.20 Å². The zero-order valence-electron chi connectivity index (χ0n) is 14.0. The van der Waals surface area contributed by atoms with E-state index in [0.29, 0.717) is 23.6 Å². The van der Waals surface area contributed by atoms with Crippen LogP contribution in [-0.4, -0.2) is 29.5 Å². The summed E-state index contributed by atoms with van der Waals surface area (Å²) in [6, 6.07) is 10.4. The molecule has 6 heteroatoms. The third-order valence-corrected chi connectivity index (χ3v) is 3.11. The number of benzene rings is 1. The molecule has 0 radical (unpaired) electrons. The van der Waals surface area contributed by atoms with Gasteiger partial charge in [0.25, 0.3) is 5.91 Å². The van der Waals surface area contributed by atoms with Crippen molar-refractivity contribution < 1.29 is 14.3 Å². The van der Waals surface area contributed by atoms with Crippen LogP contribution in [0, 0.1) is 0 Å². The molecule has 0 aliphatic carbocycles. The predicted octanol–water partition coefficient (Wildman–Crippen LogP) is 3.14. The summed E-state index contributed by atoms with van der Waals surface area (Å²) in [7, 11) is 0. The molecular weight excluding hydrogens is 306 g/mol. The maximum Gasteiger partial charge on any atom is 0.338 e. The number of hydrogen-bond donors (Lipinski definition) is 2. The molecule has 0 fully saturated rings. The average molecular weight is 327 g/mol.